The summed E-state index contributed by atoms with van der Waals surface area (Å²) in [7, 11) is 1.34. The van der Waals surface area contributed by atoms with Gasteiger partial charge in [-0.3, -0.25) is 19.6 Å². The number of halogens is 3. The van der Waals surface area contributed by atoms with Crippen LogP contribution in [0.4, 0.5) is 18.9 Å². The maximum absolute atomic E-state index is 13.1. The van der Waals surface area contributed by atoms with E-state index < -0.39 is 22.4 Å². The van der Waals surface area contributed by atoms with Gasteiger partial charge in [0.25, 0.3) is 5.91 Å². The number of benzene rings is 2. The number of thioether (sulfide) groups is 1. The maximum Gasteiger partial charge on any atom is 0.416 e. The van der Waals surface area contributed by atoms with Crippen molar-refractivity contribution in [1.29, 1.82) is 0 Å². The van der Waals surface area contributed by atoms with E-state index in [-0.39, 0.29) is 23.2 Å². The second-order valence-corrected chi connectivity index (χ2v) is 9.55. The molecule has 1 amide bonds. The van der Waals surface area contributed by atoms with Crippen molar-refractivity contribution < 1.29 is 32.4 Å². The standard InChI is InChI=1S/C24H18F3N3O5S2/c1-13-4-5-14(2)28(13)29-22(31)21(37-23(29)36)11-15-6-8-19(20(10-15)34-3)35-18-9-7-16(24(25,26)27)12-17(18)30(32)33/h4-12H,1-3H3/b21-11+. The molecule has 0 spiro atoms. The Labute approximate surface area is 218 Å². The Morgan fingerprint density at radius 1 is 1.03 bits per heavy atom. The number of hydrogen-bond donors (Lipinski definition) is 0. The molecule has 0 radical (unpaired) electrons. The molecule has 0 bridgehead atoms. The molecule has 13 heteroatoms. The second kappa shape index (κ2) is 9.90. The van der Waals surface area contributed by atoms with Crippen LogP contribution in [0.3, 0.4) is 0 Å². The normalized spacial score (nSPS) is 15.0. The first-order chi connectivity index (χ1) is 17.4. The molecule has 1 fully saturated rings. The van der Waals surface area contributed by atoms with Crippen molar-refractivity contribution in [3.05, 3.63) is 86.1 Å². The fraction of sp³-hybridized carbons (Fsp3) is 0.167. The van der Waals surface area contributed by atoms with Gasteiger partial charge >= 0.3 is 11.9 Å². The van der Waals surface area contributed by atoms with E-state index in [4.69, 9.17) is 21.7 Å². The van der Waals surface area contributed by atoms with Crippen LogP contribution in [0.2, 0.25) is 0 Å². The maximum atomic E-state index is 13.1. The molecule has 0 N–H and O–H groups in total. The molecular formula is C24H18F3N3O5S2. The molecule has 1 aliphatic rings. The highest BCUT2D eigenvalue weighted by atomic mass is 32.2. The van der Waals surface area contributed by atoms with E-state index >= 15 is 0 Å². The zero-order valence-corrected chi connectivity index (χ0v) is 21.2. The van der Waals surface area contributed by atoms with Gasteiger partial charge in [-0.25, -0.2) is 0 Å². The lowest BCUT2D eigenvalue weighted by atomic mass is 10.1. The molecule has 3 aromatic rings. The molecule has 0 unspecified atom stereocenters. The average Bonchev–Trinajstić information content (AvgIpc) is 3.30. The van der Waals surface area contributed by atoms with Gasteiger partial charge < -0.3 is 9.47 Å². The molecule has 37 heavy (non-hydrogen) atoms. The highest BCUT2D eigenvalue weighted by Gasteiger charge is 2.35. The zero-order valence-electron chi connectivity index (χ0n) is 19.5. The predicted molar refractivity (Wildman–Crippen MR) is 136 cm³/mol. The van der Waals surface area contributed by atoms with E-state index in [0.717, 1.165) is 29.2 Å². The molecule has 1 saturated heterocycles. The minimum atomic E-state index is -4.75. The number of methoxy groups -OCH3 is 1. The molecular weight excluding hydrogens is 531 g/mol. The molecule has 4 rings (SSSR count). The first-order valence-electron chi connectivity index (χ1n) is 10.6. The van der Waals surface area contributed by atoms with Crippen LogP contribution in [-0.4, -0.2) is 26.9 Å². The summed E-state index contributed by atoms with van der Waals surface area (Å²) in [5, 5.41) is 12.8. The summed E-state index contributed by atoms with van der Waals surface area (Å²) in [6.07, 6.45) is -3.14. The number of amides is 1. The molecule has 0 aliphatic carbocycles. The summed E-state index contributed by atoms with van der Waals surface area (Å²) in [4.78, 5) is 23.9. The lowest BCUT2D eigenvalue weighted by Gasteiger charge is -2.20. The Morgan fingerprint density at radius 2 is 1.68 bits per heavy atom. The molecule has 1 aliphatic heterocycles. The first kappa shape index (κ1) is 26.2. The SMILES string of the molecule is COc1cc(/C=C2/SC(=S)N(n3c(C)ccc3C)C2=O)ccc1Oc1ccc(C(F)(F)F)cc1[N+](=O)[O-]. The van der Waals surface area contributed by atoms with Gasteiger partial charge in [0.05, 0.1) is 22.5 Å². The third-order valence-corrected chi connectivity index (χ3v) is 6.68. The lowest BCUT2D eigenvalue weighted by Crippen LogP contribution is -2.39. The monoisotopic (exact) mass is 549 g/mol. The number of nitro groups is 1. The van der Waals surface area contributed by atoms with E-state index in [0.29, 0.717) is 26.9 Å². The van der Waals surface area contributed by atoms with Crippen LogP contribution in [0.1, 0.15) is 22.5 Å². The molecule has 2 aromatic carbocycles. The van der Waals surface area contributed by atoms with Gasteiger partial charge in [0.1, 0.15) is 0 Å². The van der Waals surface area contributed by atoms with Crippen LogP contribution in [0, 0.1) is 24.0 Å². The Bertz CT molecular complexity index is 1450. The third kappa shape index (κ3) is 5.18. The van der Waals surface area contributed by atoms with E-state index in [9.17, 15) is 28.1 Å². The third-order valence-electron chi connectivity index (χ3n) is 5.40. The second-order valence-electron chi connectivity index (χ2n) is 7.87. The van der Waals surface area contributed by atoms with Gasteiger partial charge in [-0.2, -0.15) is 18.2 Å². The summed E-state index contributed by atoms with van der Waals surface area (Å²) in [5.41, 5.74) is 0.218. The van der Waals surface area contributed by atoms with Crippen molar-refractivity contribution in [2.75, 3.05) is 12.1 Å². The van der Waals surface area contributed by atoms with Crippen molar-refractivity contribution in [1.82, 2.24) is 4.68 Å². The minimum absolute atomic E-state index is 0.0358. The van der Waals surface area contributed by atoms with Crippen molar-refractivity contribution in [3.63, 3.8) is 0 Å². The van der Waals surface area contributed by atoms with Gasteiger partial charge in [0.15, 0.2) is 15.8 Å². The predicted octanol–water partition coefficient (Wildman–Crippen LogP) is 6.37. The van der Waals surface area contributed by atoms with Crippen molar-refractivity contribution in [2.24, 2.45) is 0 Å². The van der Waals surface area contributed by atoms with Gasteiger partial charge in [0.2, 0.25) is 5.75 Å². The fourth-order valence-electron chi connectivity index (χ4n) is 3.66. The van der Waals surface area contributed by atoms with E-state index in [1.807, 2.05) is 26.0 Å². The highest BCUT2D eigenvalue weighted by molar-refractivity contribution is 8.27. The molecule has 0 atom stereocenters. The van der Waals surface area contributed by atoms with Gasteiger partial charge in [-0.1, -0.05) is 17.8 Å². The van der Waals surface area contributed by atoms with E-state index in [1.165, 1.54) is 24.3 Å². The summed E-state index contributed by atoms with van der Waals surface area (Å²) >= 11 is 6.55. The molecule has 1 aromatic heterocycles. The topological polar surface area (TPSA) is 86.8 Å². The van der Waals surface area contributed by atoms with Crippen LogP contribution in [-0.2, 0) is 11.0 Å². The summed E-state index contributed by atoms with van der Waals surface area (Å²) in [6.45, 7) is 3.72. The smallest absolute Gasteiger partial charge is 0.416 e. The fourth-order valence-corrected chi connectivity index (χ4v) is 4.90. The van der Waals surface area contributed by atoms with Crippen molar-refractivity contribution >= 4 is 46.0 Å². The number of carbonyl (C=O) groups excluding carboxylic acids is 1. The number of aromatic nitrogens is 1. The molecule has 0 saturated carbocycles. The lowest BCUT2D eigenvalue weighted by molar-refractivity contribution is -0.385. The van der Waals surface area contributed by atoms with Gasteiger partial charge in [0, 0.05) is 17.5 Å². The number of thiocarbonyl (C=S) groups is 1. The first-order valence-corrected chi connectivity index (χ1v) is 11.8. The molecule has 2 heterocycles. The number of rotatable bonds is 6. The van der Waals surface area contributed by atoms with Gasteiger partial charge in [-0.05, 0) is 74.1 Å². The Kier molecular flexibility index (Phi) is 7.02. The number of nitrogens with zero attached hydrogens (tertiary/aromatic N) is 3. The Hall–Kier alpha value is -3.84. The minimum Gasteiger partial charge on any atom is -0.493 e. The van der Waals surface area contributed by atoms with Crippen molar-refractivity contribution in [2.45, 2.75) is 20.0 Å². The number of ether oxygens (including phenoxy) is 2. The molecule has 8 nitrogen and oxygen atoms in total. The van der Waals surface area contributed by atoms with Gasteiger partial charge in [-0.15, -0.1) is 0 Å². The number of nitro benzene ring substituents is 1. The number of alkyl halides is 3. The van der Waals surface area contributed by atoms with Crippen molar-refractivity contribution in [3.8, 4) is 17.2 Å². The highest BCUT2D eigenvalue weighted by Crippen LogP contribution is 2.41. The average molecular weight is 550 g/mol. The van der Waals surface area contributed by atoms with Crippen LogP contribution in [0.5, 0.6) is 17.2 Å². The summed E-state index contributed by atoms with van der Waals surface area (Å²) in [6, 6.07) is 10.3. The van der Waals surface area contributed by atoms with Crippen LogP contribution in [0.25, 0.3) is 6.08 Å². The summed E-state index contributed by atoms with van der Waals surface area (Å²) in [5.74, 6) is -0.511. The Balaban J connectivity index is 1.63. The van der Waals surface area contributed by atoms with Crippen LogP contribution < -0.4 is 14.5 Å². The number of carbonyl (C=O) groups is 1. The Morgan fingerprint density at radius 3 is 2.27 bits per heavy atom. The zero-order chi connectivity index (χ0) is 27.1. The summed E-state index contributed by atoms with van der Waals surface area (Å²) < 4.78 is 51.9. The number of aryl methyl sites for hydroxylation is 2. The van der Waals surface area contributed by atoms with E-state index in [2.05, 4.69) is 0 Å². The molecule has 192 valence electrons. The largest absolute Gasteiger partial charge is 0.493 e. The quantitative estimate of drug-likeness (QED) is 0.153. The van der Waals surface area contributed by atoms with E-state index in [1.54, 1.807) is 16.8 Å². The number of hydrogen-bond acceptors (Lipinski definition) is 7. The van der Waals surface area contributed by atoms with Crippen LogP contribution >= 0.6 is 24.0 Å². The van der Waals surface area contributed by atoms with Crippen LogP contribution in [0.15, 0.2) is 53.4 Å².